The fraction of sp³-hybridized carbons (Fsp3) is 0.188. The number of sulfonamides is 1. The van der Waals surface area contributed by atoms with Crippen molar-refractivity contribution in [3.8, 4) is 0 Å². The van der Waals surface area contributed by atoms with Crippen LogP contribution >= 0.6 is 34.8 Å². The van der Waals surface area contributed by atoms with Gasteiger partial charge in [-0.2, -0.15) is 13.2 Å². The first-order valence-electron chi connectivity index (χ1n) is 7.38. The van der Waals surface area contributed by atoms with Crippen molar-refractivity contribution in [2.24, 2.45) is 0 Å². The van der Waals surface area contributed by atoms with Crippen LogP contribution < -0.4 is 9.62 Å². The Morgan fingerprint density at radius 3 is 2.18 bits per heavy atom. The molecule has 2 aromatic rings. The Bertz CT molecular complexity index is 1010. The molecular weight excluding hydrogens is 464 g/mol. The van der Waals surface area contributed by atoms with Gasteiger partial charge >= 0.3 is 6.18 Å². The number of benzene rings is 2. The number of alkyl halides is 3. The molecule has 1 amide bonds. The highest BCUT2D eigenvalue weighted by molar-refractivity contribution is 7.92. The van der Waals surface area contributed by atoms with E-state index in [0.717, 1.165) is 12.3 Å². The molecular formula is C16H12Cl3F3N2O3S. The summed E-state index contributed by atoms with van der Waals surface area (Å²) < 4.78 is 63.6. The predicted molar refractivity (Wildman–Crippen MR) is 104 cm³/mol. The molecule has 0 atom stereocenters. The van der Waals surface area contributed by atoms with Gasteiger partial charge in [0.2, 0.25) is 15.9 Å². The van der Waals surface area contributed by atoms with Crippen LogP contribution in [0.1, 0.15) is 5.56 Å². The molecule has 0 aliphatic carbocycles. The van der Waals surface area contributed by atoms with Crippen LogP contribution in [0.5, 0.6) is 0 Å². The molecule has 0 spiro atoms. The molecule has 152 valence electrons. The van der Waals surface area contributed by atoms with Gasteiger partial charge in [-0.05, 0) is 36.4 Å². The van der Waals surface area contributed by atoms with Crippen LogP contribution in [0.3, 0.4) is 0 Å². The average molecular weight is 476 g/mol. The van der Waals surface area contributed by atoms with Gasteiger partial charge in [0.05, 0.1) is 32.6 Å². The van der Waals surface area contributed by atoms with Gasteiger partial charge in [0.1, 0.15) is 6.54 Å². The largest absolute Gasteiger partial charge is 0.416 e. The summed E-state index contributed by atoms with van der Waals surface area (Å²) >= 11 is 17.5. The first kappa shape index (κ1) is 22.6. The number of nitrogens with zero attached hydrogens (tertiary/aromatic N) is 1. The van der Waals surface area contributed by atoms with Gasteiger partial charge in [-0.1, -0.05) is 34.8 Å². The van der Waals surface area contributed by atoms with Crippen LogP contribution in [0, 0.1) is 0 Å². The zero-order valence-corrected chi connectivity index (χ0v) is 17.1. The Labute approximate surface area is 174 Å². The number of carbonyl (C=O) groups is 1. The maximum Gasteiger partial charge on any atom is 0.416 e. The van der Waals surface area contributed by atoms with Crippen molar-refractivity contribution in [1.29, 1.82) is 0 Å². The summed E-state index contributed by atoms with van der Waals surface area (Å²) in [4.78, 5) is 12.3. The molecule has 2 rings (SSSR count). The van der Waals surface area contributed by atoms with E-state index >= 15 is 0 Å². The highest BCUT2D eigenvalue weighted by Gasteiger charge is 2.33. The van der Waals surface area contributed by atoms with Gasteiger partial charge in [-0.15, -0.1) is 0 Å². The minimum Gasteiger partial charge on any atom is -0.324 e. The maximum absolute atomic E-state index is 13.0. The topological polar surface area (TPSA) is 66.5 Å². The van der Waals surface area contributed by atoms with Crippen LogP contribution in [0.25, 0.3) is 0 Å². The van der Waals surface area contributed by atoms with Crippen LogP contribution in [0.2, 0.25) is 15.1 Å². The number of carbonyl (C=O) groups excluding carboxylic acids is 1. The van der Waals surface area contributed by atoms with Crippen LogP contribution in [0.4, 0.5) is 24.5 Å². The number of rotatable bonds is 5. The lowest BCUT2D eigenvalue weighted by Crippen LogP contribution is -2.37. The molecule has 0 aliphatic rings. The maximum atomic E-state index is 13.0. The molecule has 2 aromatic carbocycles. The molecule has 0 saturated carbocycles. The van der Waals surface area contributed by atoms with Crippen molar-refractivity contribution >= 4 is 62.1 Å². The normalized spacial score (nSPS) is 12.0. The van der Waals surface area contributed by atoms with E-state index in [1.54, 1.807) is 0 Å². The van der Waals surface area contributed by atoms with Gasteiger partial charge < -0.3 is 5.32 Å². The number of hydrogen-bond donors (Lipinski definition) is 1. The van der Waals surface area contributed by atoms with Crippen molar-refractivity contribution in [3.05, 3.63) is 57.0 Å². The molecule has 0 fully saturated rings. The average Bonchev–Trinajstić information content (AvgIpc) is 2.55. The van der Waals surface area contributed by atoms with Gasteiger partial charge in [-0.25, -0.2) is 8.42 Å². The van der Waals surface area contributed by atoms with Crippen LogP contribution in [-0.2, 0) is 21.0 Å². The zero-order valence-electron chi connectivity index (χ0n) is 14.0. The van der Waals surface area contributed by atoms with Crippen LogP contribution in [-0.4, -0.2) is 27.1 Å². The molecule has 0 radical (unpaired) electrons. The van der Waals surface area contributed by atoms with E-state index in [0.29, 0.717) is 16.4 Å². The molecule has 0 heterocycles. The van der Waals surface area contributed by atoms with Gasteiger partial charge in [0, 0.05) is 5.69 Å². The number of amides is 1. The highest BCUT2D eigenvalue weighted by atomic mass is 35.5. The summed E-state index contributed by atoms with van der Waals surface area (Å²) in [5, 5.41) is 2.53. The lowest BCUT2D eigenvalue weighted by atomic mass is 10.2. The number of halogens is 6. The van der Waals surface area contributed by atoms with Gasteiger partial charge in [-0.3, -0.25) is 9.10 Å². The van der Waals surface area contributed by atoms with Crippen molar-refractivity contribution in [3.63, 3.8) is 0 Å². The van der Waals surface area contributed by atoms with E-state index in [-0.39, 0.29) is 20.8 Å². The van der Waals surface area contributed by atoms with E-state index in [4.69, 9.17) is 34.8 Å². The fourth-order valence-corrected chi connectivity index (χ4v) is 3.59. The molecule has 0 unspecified atom stereocenters. The lowest BCUT2D eigenvalue weighted by Gasteiger charge is -2.24. The minimum absolute atomic E-state index is 0.153. The third-order valence-corrected chi connectivity index (χ3v) is 5.62. The summed E-state index contributed by atoms with van der Waals surface area (Å²) in [6.07, 6.45) is -3.97. The Hall–Kier alpha value is -1.68. The van der Waals surface area contributed by atoms with E-state index in [2.05, 4.69) is 5.32 Å². The molecule has 0 bridgehead atoms. The second-order valence-corrected chi connectivity index (χ2v) is 8.74. The van der Waals surface area contributed by atoms with Crippen LogP contribution in [0.15, 0.2) is 36.4 Å². The van der Waals surface area contributed by atoms with Crippen molar-refractivity contribution in [2.45, 2.75) is 6.18 Å². The molecule has 28 heavy (non-hydrogen) atoms. The Morgan fingerprint density at radius 2 is 1.64 bits per heavy atom. The van der Waals surface area contributed by atoms with Crippen molar-refractivity contribution < 1.29 is 26.4 Å². The molecule has 0 aliphatic heterocycles. The number of anilines is 2. The molecule has 0 aromatic heterocycles. The number of hydrogen-bond acceptors (Lipinski definition) is 3. The quantitative estimate of drug-likeness (QED) is 0.656. The molecule has 1 N–H and O–H groups in total. The third kappa shape index (κ3) is 5.66. The monoisotopic (exact) mass is 474 g/mol. The first-order chi connectivity index (χ1) is 12.8. The minimum atomic E-state index is -4.72. The van der Waals surface area contributed by atoms with Crippen molar-refractivity contribution in [2.75, 3.05) is 22.4 Å². The predicted octanol–water partition coefficient (Wildman–Crippen LogP) is 5.07. The first-order valence-corrected chi connectivity index (χ1v) is 10.4. The van der Waals surface area contributed by atoms with Crippen molar-refractivity contribution in [1.82, 2.24) is 0 Å². The van der Waals surface area contributed by atoms with Gasteiger partial charge in [0.15, 0.2) is 0 Å². The fourth-order valence-electron chi connectivity index (χ4n) is 2.17. The third-order valence-electron chi connectivity index (χ3n) is 3.43. The summed E-state index contributed by atoms with van der Waals surface area (Å²) in [7, 11) is -4.13. The SMILES string of the molecule is CS(=O)(=O)N(CC(=O)Nc1ccc(Cl)c(Cl)c1)c1cc(C(F)(F)F)ccc1Cl. The molecule has 0 saturated heterocycles. The second kappa shape index (κ2) is 8.36. The summed E-state index contributed by atoms with van der Waals surface area (Å²) in [6, 6.07) is 6.36. The zero-order chi connectivity index (χ0) is 21.3. The summed E-state index contributed by atoms with van der Waals surface area (Å²) in [5.74, 6) is -0.822. The Morgan fingerprint density at radius 1 is 1.04 bits per heavy atom. The molecule has 5 nitrogen and oxygen atoms in total. The Balaban J connectivity index is 2.35. The Kier molecular flexibility index (Phi) is 6.75. The summed E-state index contributed by atoms with van der Waals surface area (Å²) in [6.45, 7) is -0.805. The standard InChI is InChI=1S/C16H12Cl3F3N2O3S/c1-28(26,27)24(14-6-9(16(20,21)22)2-4-12(14)18)8-15(25)23-10-3-5-11(17)13(19)7-10/h2-7H,8H2,1H3,(H,23,25). The van der Waals surface area contributed by atoms with E-state index < -0.39 is 39.9 Å². The van der Waals surface area contributed by atoms with E-state index in [1.165, 1.54) is 18.2 Å². The summed E-state index contributed by atoms with van der Waals surface area (Å²) in [5.41, 5.74) is -1.35. The number of nitrogens with one attached hydrogen (secondary N) is 1. The van der Waals surface area contributed by atoms with Gasteiger partial charge in [0.25, 0.3) is 0 Å². The van der Waals surface area contributed by atoms with E-state index in [1.807, 2.05) is 0 Å². The smallest absolute Gasteiger partial charge is 0.324 e. The molecule has 12 heteroatoms. The lowest BCUT2D eigenvalue weighted by molar-refractivity contribution is -0.137. The second-order valence-electron chi connectivity index (χ2n) is 5.61. The van der Waals surface area contributed by atoms with E-state index in [9.17, 15) is 26.4 Å². The highest BCUT2D eigenvalue weighted by Crippen LogP contribution is 2.36.